The fourth-order valence-corrected chi connectivity index (χ4v) is 1.74. The number of rotatable bonds is 4. The summed E-state index contributed by atoms with van der Waals surface area (Å²) in [4.78, 5) is 23.4. The van der Waals surface area contributed by atoms with Gasteiger partial charge in [-0.15, -0.1) is 0 Å². The lowest BCUT2D eigenvalue weighted by molar-refractivity contribution is -0.108. The summed E-state index contributed by atoms with van der Waals surface area (Å²) in [5, 5.41) is 1.81. The van der Waals surface area contributed by atoms with Crippen molar-refractivity contribution < 1.29 is 9.59 Å². The lowest BCUT2D eigenvalue weighted by Crippen LogP contribution is -2.25. The Morgan fingerprint density at radius 1 is 0.900 bits per heavy atom. The molecule has 20 heavy (non-hydrogen) atoms. The van der Waals surface area contributed by atoms with E-state index in [1.54, 1.807) is 24.3 Å². The number of allylic oxidation sites excluding steroid dienone is 1. The normalized spacial score (nSPS) is 10.9. The standard InChI is InChI=1S/C16H12ClNO2/c17-15(19)14(11-12-7-3-1-4-8-12)18-16(20)13-9-5-2-6-10-13/h1-11H,(H,18,20)/b14-11-. The van der Waals surface area contributed by atoms with Crippen LogP contribution in [-0.4, -0.2) is 11.1 Å². The third-order valence-corrected chi connectivity index (χ3v) is 2.81. The van der Waals surface area contributed by atoms with Gasteiger partial charge in [0, 0.05) is 5.56 Å². The quantitative estimate of drug-likeness (QED) is 0.692. The molecule has 1 amide bonds. The van der Waals surface area contributed by atoms with E-state index in [-0.39, 0.29) is 11.6 Å². The lowest BCUT2D eigenvalue weighted by Gasteiger charge is -2.06. The molecule has 100 valence electrons. The molecule has 0 radical (unpaired) electrons. The monoisotopic (exact) mass is 285 g/mol. The molecule has 0 bridgehead atoms. The summed E-state index contributed by atoms with van der Waals surface area (Å²) in [5.41, 5.74) is 1.29. The van der Waals surface area contributed by atoms with Gasteiger partial charge in [-0.3, -0.25) is 9.59 Å². The predicted molar refractivity (Wildman–Crippen MR) is 79.2 cm³/mol. The molecule has 4 heteroatoms. The number of nitrogens with one attached hydrogen (secondary N) is 1. The molecule has 0 unspecified atom stereocenters. The highest BCUT2D eigenvalue weighted by molar-refractivity contribution is 6.68. The molecule has 2 rings (SSSR count). The van der Waals surface area contributed by atoms with Crippen molar-refractivity contribution in [3.05, 3.63) is 77.5 Å². The van der Waals surface area contributed by atoms with Crippen molar-refractivity contribution in [3.8, 4) is 0 Å². The van der Waals surface area contributed by atoms with E-state index in [0.717, 1.165) is 5.56 Å². The first-order valence-electron chi connectivity index (χ1n) is 6.00. The van der Waals surface area contributed by atoms with Gasteiger partial charge in [-0.2, -0.15) is 0 Å². The highest BCUT2D eigenvalue weighted by Crippen LogP contribution is 2.08. The van der Waals surface area contributed by atoms with Crippen molar-refractivity contribution in [3.63, 3.8) is 0 Å². The van der Waals surface area contributed by atoms with Gasteiger partial charge < -0.3 is 5.32 Å². The molecule has 0 aliphatic carbocycles. The van der Waals surface area contributed by atoms with Crippen molar-refractivity contribution in [2.45, 2.75) is 0 Å². The van der Waals surface area contributed by atoms with Gasteiger partial charge in [0.15, 0.2) is 0 Å². The maximum Gasteiger partial charge on any atom is 0.268 e. The van der Waals surface area contributed by atoms with Crippen LogP contribution >= 0.6 is 11.6 Å². The van der Waals surface area contributed by atoms with E-state index in [0.29, 0.717) is 5.56 Å². The number of halogens is 1. The van der Waals surface area contributed by atoms with E-state index >= 15 is 0 Å². The number of amides is 1. The van der Waals surface area contributed by atoms with E-state index in [1.165, 1.54) is 6.08 Å². The van der Waals surface area contributed by atoms with Crippen molar-refractivity contribution in [2.24, 2.45) is 0 Å². The molecule has 2 aromatic carbocycles. The topological polar surface area (TPSA) is 46.2 Å². The SMILES string of the molecule is O=C(Cl)/C(=C/c1ccccc1)NC(=O)c1ccccc1. The first-order valence-corrected chi connectivity index (χ1v) is 6.37. The molecule has 0 aliphatic heterocycles. The molecule has 0 saturated heterocycles. The summed E-state index contributed by atoms with van der Waals surface area (Å²) < 4.78 is 0. The second kappa shape index (κ2) is 6.68. The first-order chi connectivity index (χ1) is 9.66. The largest absolute Gasteiger partial charge is 0.318 e. The van der Waals surface area contributed by atoms with Crippen LogP contribution in [0.15, 0.2) is 66.4 Å². The van der Waals surface area contributed by atoms with Crippen LogP contribution in [-0.2, 0) is 4.79 Å². The zero-order valence-electron chi connectivity index (χ0n) is 10.5. The molecule has 3 nitrogen and oxygen atoms in total. The van der Waals surface area contributed by atoms with Crippen LogP contribution in [0, 0.1) is 0 Å². The van der Waals surface area contributed by atoms with E-state index in [1.807, 2.05) is 36.4 Å². The van der Waals surface area contributed by atoms with Crippen LogP contribution in [0.1, 0.15) is 15.9 Å². The Morgan fingerprint density at radius 3 is 2.00 bits per heavy atom. The summed E-state index contributed by atoms with van der Waals surface area (Å²) >= 11 is 5.50. The molecular formula is C16H12ClNO2. The number of hydrogen-bond donors (Lipinski definition) is 1. The van der Waals surface area contributed by atoms with Crippen LogP contribution in [0.5, 0.6) is 0 Å². The van der Waals surface area contributed by atoms with Crippen molar-refractivity contribution in [1.29, 1.82) is 0 Å². The molecule has 0 saturated carbocycles. The first kappa shape index (κ1) is 14.0. The Balaban J connectivity index is 2.21. The number of carbonyl (C=O) groups excluding carboxylic acids is 2. The van der Waals surface area contributed by atoms with E-state index in [2.05, 4.69) is 5.32 Å². The van der Waals surface area contributed by atoms with Crippen LogP contribution in [0.25, 0.3) is 6.08 Å². The van der Waals surface area contributed by atoms with Gasteiger partial charge in [-0.25, -0.2) is 0 Å². The molecular weight excluding hydrogens is 274 g/mol. The van der Waals surface area contributed by atoms with Gasteiger partial charge in [0.1, 0.15) is 5.70 Å². The second-order valence-electron chi connectivity index (χ2n) is 4.06. The fourth-order valence-electron chi connectivity index (χ4n) is 1.64. The summed E-state index contributed by atoms with van der Waals surface area (Å²) in [5.74, 6) is -0.373. The maximum absolute atomic E-state index is 12.0. The summed E-state index contributed by atoms with van der Waals surface area (Å²) in [6, 6.07) is 17.8. The molecule has 0 heterocycles. The molecule has 1 N–H and O–H groups in total. The Hall–Kier alpha value is -2.39. The summed E-state index contributed by atoms with van der Waals surface area (Å²) in [6.45, 7) is 0. The highest BCUT2D eigenvalue weighted by atomic mass is 35.5. The average Bonchev–Trinajstić information content (AvgIpc) is 2.48. The van der Waals surface area contributed by atoms with Gasteiger partial charge in [0.2, 0.25) is 0 Å². The predicted octanol–water partition coefficient (Wildman–Crippen LogP) is 3.22. The van der Waals surface area contributed by atoms with Crippen LogP contribution in [0.3, 0.4) is 0 Å². The van der Waals surface area contributed by atoms with Gasteiger partial charge >= 0.3 is 0 Å². The van der Waals surface area contributed by atoms with E-state index < -0.39 is 5.24 Å². The highest BCUT2D eigenvalue weighted by Gasteiger charge is 2.12. The van der Waals surface area contributed by atoms with Crippen LogP contribution < -0.4 is 5.32 Å². The third kappa shape index (κ3) is 3.80. The summed E-state index contributed by atoms with van der Waals surface area (Å²) in [7, 11) is 0. The van der Waals surface area contributed by atoms with Gasteiger partial charge in [0.25, 0.3) is 11.1 Å². The molecule has 0 spiro atoms. The smallest absolute Gasteiger partial charge is 0.268 e. The Bertz CT molecular complexity index is 636. The maximum atomic E-state index is 12.0. The molecule has 0 atom stereocenters. The zero-order valence-corrected chi connectivity index (χ0v) is 11.3. The Morgan fingerprint density at radius 2 is 1.45 bits per heavy atom. The van der Waals surface area contributed by atoms with Crippen molar-refractivity contribution >= 4 is 28.8 Å². The fraction of sp³-hybridized carbons (Fsp3) is 0. The van der Waals surface area contributed by atoms with Crippen LogP contribution in [0.2, 0.25) is 0 Å². The second-order valence-corrected chi connectivity index (χ2v) is 4.41. The molecule has 0 aromatic heterocycles. The minimum atomic E-state index is -0.710. The number of benzene rings is 2. The van der Waals surface area contributed by atoms with Gasteiger partial charge in [0.05, 0.1) is 0 Å². The van der Waals surface area contributed by atoms with E-state index in [9.17, 15) is 9.59 Å². The average molecular weight is 286 g/mol. The van der Waals surface area contributed by atoms with Gasteiger partial charge in [-0.05, 0) is 35.4 Å². The van der Waals surface area contributed by atoms with Crippen molar-refractivity contribution in [1.82, 2.24) is 5.32 Å². The van der Waals surface area contributed by atoms with Gasteiger partial charge in [-0.1, -0.05) is 48.5 Å². The van der Waals surface area contributed by atoms with Crippen LogP contribution in [0.4, 0.5) is 0 Å². The number of carbonyl (C=O) groups is 2. The zero-order chi connectivity index (χ0) is 14.4. The number of hydrogen-bond acceptors (Lipinski definition) is 2. The minimum Gasteiger partial charge on any atom is -0.318 e. The Kier molecular flexibility index (Phi) is 4.69. The molecule has 0 aliphatic rings. The minimum absolute atomic E-state index is 0.0479. The molecule has 2 aromatic rings. The van der Waals surface area contributed by atoms with Crippen molar-refractivity contribution in [2.75, 3.05) is 0 Å². The van der Waals surface area contributed by atoms with E-state index in [4.69, 9.17) is 11.6 Å². The molecule has 0 fully saturated rings. The summed E-state index contributed by atoms with van der Waals surface area (Å²) in [6.07, 6.45) is 1.54. The third-order valence-electron chi connectivity index (χ3n) is 2.61. The Labute approximate surface area is 121 Å². The lowest BCUT2D eigenvalue weighted by atomic mass is 10.2.